The molecule has 0 saturated heterocycles. The molecule has 5 heteroatoms. The number of anilines is 2. The van der Waals surface area contributed by atoms with Gasteiger partial charge in [-0.1, -0.05) is 60.7 Å². The van der Waals surface area contributed by atoms with E-state index in [-0.39, 0.29) is 27.0 Å². The first-order valence-corrected chi connectivity index (χ1v) is 10.1. The zero-order valence-electron chi connectivity index (χ0n) is 17.4. The van der Waals surface area contributed by atoms with E-state index in [4.69, 9.17) is 0 Å². The number of rotatable bonds is 6. The molecule has 1 N–H and O–H groups in total. The minimum Gasteiger partial charge on any atom is -0.621 e. The van der Waals surface area contributed by atoms with E-state index in [0.717, 1.165) is 43.1 Å². The third kappa shape index (κ3) is 4.66. The third-order valence-corrected chi connectivity index (χ3v) is 5.50. The number of carbonyl (C=O) groups excluding carboxylic acids is 1. The smallest absolute Gasteiger partial charge is 0.0875 e. The fourth-order valence-corrected chi connectivity index (χ4v) is 3.82. The molecule has 1 aliphatic heterocycles. The summed E-state index contributed by atoms with van der Waals surface area (Å²) < 4.78 is 0. The molecule has 30 heavy (non-hydrogen) atoms. The first kappa shape index (κ1) is 22.3. The Morgan fingerprint density at radius 2 is 1.67 bits per heavy atom. The van der Waals surface area contributed by atoms with E-state index in [9.17, 15) is 4.79 Å². The number of fused-ring (bicyclic) bond motifs is 2. The largest absolute Gasteiger partial charge is 0.621 e. The number of hydrogen-bond donors (Lipinski definition) is 1. The van der Waals surface area contributed by atoms with Gasteiger partial charge in [0.1, 0.15) is 0 Å². The Kier molecular flexibility index (Phi) is 7.47. The van der Waals surface area contributed by atoms with Crippen LogP contribution in [0.5, 0.6) is 0 Å². The van der Waals surface area contributed by atoms with Gasteiger partial charge in [0.05, 0.1) is 11.6 Å². The topological polar surface area (TPSA) is 46.4 Å². The van der Waals surface area contributed by atoms with E-state index in [1.165, 1.54) is 16.7 Å². The molecule has 0 bridgehead atoms. The van der Waals surface area contributed by atoms with E-state index >= 15 is 0 Å². The number of aryl methyl sites for hydroxylation is 1. The molecule has 0 fully saturated rings. The average Bonchev–Trinajstić information content (AvgIpc) is 2.86. The molecule has 3 aromatic carbocycles. The van der Waals surface area contributed by atoms with Crippen molar-refractivity contribution in [2.75, 3.05) is 18.0 Å². The Bertz CT molecular complexity index is 1020. The zero-order chi connectivity index (χ0) is 20.2. The van der Waals surface area contributed by atoms with Crippen LogP contribution in [0.25, 0.3) is 5.32 Å². The second-order valence-corrected chi connectivity index (χ2v) is 7.48. The summed E-state index contributed by atoms with van der Waals surface area (Å²) in [5.74, 6) is -0.171. The molecule has 0 spiro atoms. The SMILES string of the molecule is Cc1ccc2c(c1C)N(CCCNCc1ccccc1)c1ccccc1C(=O)[N-]2.[Mo]. The molecule has 154 valence electrons. The summed E-state index contributed by atoms with van der Waals surface area (Å²) in [4.78, 5) is 15.0. The Morgan fingerprint density at radius 3 is 2.47 bits per heavy atom. The predicted molar refractivity (Wildman–Crippen MR) is 119 cm³/mol. The Balaban J connectivity index is 0.00000256. The first-order chi connectivity index (χ1) is 14.1. The minimum absolute atomic E-state index is 0. The van der Waals surface area contributed by atoms with Crippen LogP contribution in [-0.2, 0) is 27.6 Å². The van der Waals surface area contributed by atoms with Crippen LogP contribution in [0.15, 0.2) is 66.7 Å². The fourth-order valence-electron chi connectivity index (χ4n) is 3.82. The van der Waals surface area contributed by atoms with E-state index in [1.54, 1.807) is 0 Å². The second-order valence-electron chi connectivity index (χ2n) is 7.48. The van der Waals surface area contributed by atoms with Crippen LogP contribution >= 0.6 is 0 Å². The normalized spacial score (nSPS) is 12.3. The monoisotopic (exact) mass is 482 g/mol. The summed E-state index contributed by atoms with van der Waals surface area (Å²) in [5.41, 5.74) is 7.08. The van der Waals surface area contributed by atoms with Gasteiger partial charge in [-0.15, -0.1) is 5.69 Å². The second kappa shape index (κ2) is 10.1. The van der Waals surface area contributed by atoms with Crippen LogP contribution in [0.1, 0.15) is 33.5 Å². The van der Waals surface area contributed by atoms with Crippen LogP contribution in [0, 0.1) is 13.8 Å². The van der Waals surface area contributed by atoms with Crippen molar-refractivity contribution in [1.82, 2.24) is 5.32 Å². The van der Waals surface area contributed by atoms with Crippen molar-refractivity contribution >= 4 is 23.0 Å². The molecule has 0 aromatic heterocycles. The molecule has 3 aromatic rings. The molecular weight excluding hydrogens is 454 g/mol. The van der Waals surface area contributed by atoms with Crippen molar-refractivity contribution in [1.29, 1.82) is 0 Å². The Morgan fingerprint density at radius 1 is 0.933 bits per heavy atom. The van der Waals surface area contributed by atoms with Crippen molar-refractivity contribution in [2.24, 2.45) is 0 Å². The number of nitrogens with zero attached hydrogens (tertiary/aromatic N) is 2. The Hall–Kier alpha value is -2.42. The number of amides is 1. The summed E-state index contributed by atoms with van der Waals surface area (Å²) in [7, 11) is 0. The maximum absolute atomic E-state index is 12.7. The molecule has 0 unspecified atom stereocenters. The van der Waals surface area contributed by atoms with Crippen LogP contribution in [-0.4, -0.2) is 19.0 Å². The molecule has 1 heterocycles. The molecule has 0 saturated carbocycles. The maximum Gasteiger partial charge on any atom is 0.0875 e. The molecule has 0 aliphatic carbocycles. The summed E-state index contributed by atoms with van der Waals surface area (Å²) in [6.07, 6.45) is 0.960. The number of nitrogens with one attached hydrogen (secondary N) is 1. The van der Waals surface area contributed by atoms with Gasteiger partial charge in [-0.25, -0.2) is 0 Å². The van der Waals surface area contributed by atoms with Gasteiger partial charge in [-0.3, -0.25) is 0 Å². The van der Waals surface area contributed by atoms with Gasteiger partial charge >= 0.3 is 0 Å². The fraction of sp³-hybridized carbons (Fsp3) is 0.240. The zero-order valence-corrected chi connectivity index (χ0v) is 19.4. The van der Waals surface area contributed by atoms with Crippen molar-refractivity contribution in [3.05, 3.63) is 94.3 Å². The first-order valence-electron chi connectivity index (χ1n) is 10.1. The van der Waals surface area contributed by atoms with E-state index in [2.05, 4.69) is 53.6 Å². The van der Waals surface area contributed by atoms with Crippen LogP contribution < -0.4 is 10.2 Å². The Labute approximate surface area is 193 Å². The van der Waals surface area contributed by atoms with Crippen molar-refractivity contribution in [3.8, 4) is 0 Å². The summed E-state index contributed by atoms with van der Waals surface area (Å²) in [6, 6.07) is 22.2. The number of para-hydroxylation sites is 1. The van der Waals surface area contributed by atoms with Gasteiger partial charge in [0.2, 0.25) is 0 Å². The standard InChI is InChI=1S/C25H27N3O.Mo/c1-18-13-14-22-24(19(18)2)28(23-12-7-6-11-21(23)25(29)27-22)16-8-15-26-17-20-9-4-3-5-10-20;/h3-7,9-14,26H,8,15-17H2,1-2H3,(H,27,29);/p-1. The number of benzene rings is 3. The average molecular weight is 480 g/mol. The van der Waals surface area contributed by atoms with Gasteiger partial charge in [-0.2, -0.15) is 0 Å². The quantitative estimate of drug-likeness (QED) is 0.360. The van der Waals surface area contributed by atoms with E-state index < -0.39 is 0 Å². The van der Waals surface area contributed by atoms with Crippen LogP contribution in [0.4, 0.5) is 17.1 Å². The van der Waals surface area contributed by atoms with Gasteiger partial charge in [0, 0.05) is 45.4 Å². The van der Waals surface area contributed by atoms with Crippen molar-refractivity contribution in [3.63, 3.8) is 0 Å². The van der Waals surface area contributed by atoms with Gasteiger partial charge in [0.25, 0.3) is 0 Å². The van der Waals surface area contributed by atoms with Crippen molar-refractivity contribution < 1.29 is 25.9 Å². The minimum atomic E-state index is -0.171. The van der Waals surface area contributed by atoms with Gasteiger partial charge in [0.15, 0.2) is 0 Å². The van der Waals surface area contributed by atoms with Gasteiger partial charge < -0.3 is 20.3 Å². The molecular formula is C25H26MoN3O-. The van der Waals surface area contributed by atoms with Gasteiger partial charge in [-0.05, 0) is 49.6 Å². The van der Waals surface area contributed by atoms with E-state index in [1.807, 2.05) is 42.5 Å². The van der Waals surface area contributed by atoms with Crippen molar-refractivity contribution in [2.45, 2.75) is 26.8 Å². The molecule has 0 atom stereocenters. The molecule has 4 rings (SSSR count). The summed E-state index contributed by atoms with van der Waals surface area (Å²) in [5, 5.41) is 7.94. The molecule has 1 aliphatic rings. The maximum atomic E-state index is 12.7. The molecule has 4 nitrogen and oxygen atoms in total. The summed E-state index contributed by atoms with van der Waals surface area (Å²) in [6.45, 7) is 6.80. The third-order valence-electron chi connectivity index (χ3n) is 5.50. The number of carbonyl (C=O) groups is 1. The molecule has 1 amide bonds. The number of hydrogen-bond acceptors (Lipinski definition) is 3. The predicted octanol–water partition coefficient (Wildman–Crippen LogP) is 5.78. The van der Waals surface area contributed by atoms with Crippen LogP contribution in [0.3, 0.4) is 0 Å². The summed E-state index contributed by atoms with van der Waals surface area (Å²) >= 11 is 0. The van der Waals surface area contributed by atoms with E-state index in [0.29, 0.717) is 5.56 Å². The molecule has 0 radical (unpaired) electrons. The van der Waals surface area contributed by atoms with Crippen LogP contribution in [0.2, 0.25) is 0 Å².